The van der Waals surface area contributed by atoms with Crippen LogP contribution < -0.4 is 0 Å². The number of hydrogen-bond donors (Lipinski definition) is 2. The number of epoxide rings is 1. The van der Waals surface area contributed by atoms with Crippen molar-refractivity contribution in [1.29, 1.82) is 0 Å². The van der Waals surface area contributed by atoms with Crippen molar-refractivity contribution in [3.63, 3.8) is 0 Å². The van der Waals surface area contributed by atoms with Crippen LogP contribution in [0.1, 0.15) is 143 Å². The van der Waals surface area contributed by atoms with E-state index in [4.69, 9.17) is 18.5 Å². The number of ether oxygens (including phenoxy) is 2. The van der Waals surface area contributed by atoms with Crippen molar-refractivity contribution >= 4 is 13.6 Å². The molecular formula is C37H61O8P. The molecule has 5 atom stereocenters. The fraction of sp³-hybridized carbons (Fsp3) is 0.757. The highest BCUT2D eigenvalue weighted by atomic mass is 31.2. The van der Waals surface area contributed by atoms with E-state index in [9.17, 15) is 19.6 Å². The summed E-state index contributed by atoms with van der Waals surface area (Å²) < 4.78 is 37.0. The van der Waals surface area contributed by atoms with Gasteiger partial charge in [0.2, 0.25) is 0 Å². The fourth-order valence-corrected chi connectivity index (χ4v) is 8.87. The summed E-state index contributed by atoms with van der Waals surface area (Å²) in [5.74, 6) is -0.581. The zero-order valence-corrected chi connectivity index (χ0v) is 30.1. The van der Waals surface area contributed by atoms with Crippen LogP contribution in [0.4, 0.5) is 0 Å². The third kappa shape index (κ3) is 12.6. The number of rotatable bonds is 23. The predicted molar refractivity (Wildman–Crippen MR) is 184 cm³/mol. The molecule has 8 nitrogen and oxygen atoms in total. The third-order valence-corrected chi connectivity index (χ3v) is 12.0. The first-order valence-corrected chi connectivity index (χ1v) is 19.6. The maximum atomic E-state index is 13.5. The molecule has 2 saturated heterocycles. The highest BCUT2D eigenvalue weighted by molar-refractivity contribution is 7.54. The maximum Gasteiger partial charge on any atom is 0.331 e. The summed E-state index contributed by atoms with van der Waals surface area (Å²) in [5.41, 5.74) is 1.71. The summed E-state index contributed by atoms with van der Waals surface area (Å²) in [5, 5.41) is 18.9. The predicted octanol–water partition coefficient (Wildman–Crippen LogP) is 9.94. The molecule has 1 aromatic carbocycles. The van der Waals surface area contributed by atoms with Gasteiger partial charge in [-0.25, -0.2) is 0 Å². The van der Waals surface area contributed by atoms with Crippen LogP contribution in [0.5, 0.6) is 11.5 Å². The Morgan fingerprint density at radius 1 is 0.935 bits per heavy atom. The molecule has 0 aromatic heterocycles. The number of esters is 1. The van der Waals surface area contributed by atoms with E-state index >= 15 is 0 Å². The summed E-state index contributed by atoms with van der Waals surface area (Å²) in [6.07, 6.45) is 19.1. The van der Waals surface area contributed by atoms with Crippen LogP contribution in [-0.4, -0.2) is 52.4 Å². The van der Waals surface area contributed by atoms with E-state index in [1.807, 2.05) is 0 Å². The normalized spacial score (nSPS) is 27.6. The smallest absolute Gasteiger partial charge is 0.331 e. The van der Waals surface area contributed by atoms with Crippen molar-refractivity contribution in [2.45, 2.75) is 167 Å². The van der Waals surface area contributed by atoms with Crippen LogP contribution in [0, 0.1) is 0 Å². The molecule has 262 valence electrons. The molecular weight excluding hydrogens is 603 g/mol. The van der Waals surface area contributed by atoms with Crippen LogP contribution in [0.15, 0.2) is 29.8 Å². The molecule has 2 heterocycles. The van der Waals surface area contributed by atoms with E-state index in [1.165, 1.54) is 37.0 Å². The van der Waals surface area contributed by atoms with Crippen LogP contribution in [-0.2, 0) is 34.3 Å². The molecule has 2 fully saturated rings. The lowest BCUT2D eigenvalue weighted by Crippen LogP contribution is -2.35. The summed E-state index contributed by atoms with van der Waals surface area (Å²) in [6.45, 7) is 11.2. The second-order valence-electron chi connectivity index (χ2n) is 13.9. The lowest BCUT2D eigenvalue weighted by Gasteiger charge is -2.26. The molecule has 0 amide bonds. The molecule has 0 spiro atoms. The van der Waals surface area contributed by atoms with Gasteiger partial charge in [-0.15, -0.1) is 0 Å². The zero-order valence-electron chi connectivity index (χ0n) is 29.2. The second-order valence-corrected chi connectivity index (χ2v) is 15.9. The van der Waals surface area contributed by atoms with E-state index in [1.54, 1.807) is 6.07 Å². The van der Waals surface area contributed by atoms with Gasteiger partial charge in [0.25, 0.3) is 0 Å². The number of aryl methyl sites for hydroxylation is 1. The van der Waals surface area contributed by atoms with E-state index in [0.717, 1.165) is 82.6 Å². The Balaban J connectivity index is 1.18. The van der Waals surface area contributed by atoms with Gasteiger partial charge < -0.3 is 24.2 Å². The van der Waals surface area contributed by atoms with Gasteiger partial charge >= 0.3 is 13.6 Å². The Labute approximate surface area is 278 Å². The molecule has 2 aliphatic rings. The van der Waals surface area contributed by atoms with Crippen molar-refractivity contribution in [2.24, 2.45) is 0 Å². The minimum atomic E-state index is -3.07. The van der Waals surface area contributed by atoms with E-state index < -0.39 is 13.2 Å². The van der Waals surface area contributed by atoms with Gasteiger partial charge in [0, 0.05) is 6.42 Å². The number of phenols is 2. The standard InChI is InChI=1S/C37H61O8P/c1-6-33-37(5,43-33)25-17-18-29(3)19-23-34-36(4,7-2)45-46(41,44-34)27-16-14-12-10-8-9-11-13-15-26-42-35(40)24-21-30-20-22-31(38)32(39)28-30/h18,20,22,28,33-34,38-39H,6-17,19,21,23-27H2,1-5H3/b29-18-. The summed E-state index contributed by atoms with van der Waals surface area (Å²) in [7, 11) is -3.07. The molecule has 0 aliphatic carbocycles. The van der Waals surface area contributed by atoms with Crippen LogP contribution >= 0.6 is 7.60 Å². The molecule has 1 aromatic rings. The Kier molecular flexibility index (Phi) is 15.6. The first-order chi connectivity index (χ1) is 21.9. The number of aromatic hydroxyl groups is 2. The van der Waals surface area contributed by atoms with Crippen LogP contribution in [0.25, 0.3) is 0 Å². The van der Waals surface area contributed by atoms with Gasteiger partial charge in [0.1, 0.15) is 5.60 Å². The minimum absolute atomic E-state index is 0.0630. The largest absolute Gasteiger partial charge is 0.504 e. The van der Waals surface area contributed by atoms with Crippen molar-refractivity contribution in [3.05, 3.63) is 35.4 Å². The number of hydrogen-bond acceptors (Lipinski definition) is 8. The molecule has 5 unspecified atom stereocenters. The van der Waals surface area contributed by atoms with Gasteiger partial charge in [0.05, 0.1) is 30.6 Å². The van der Waals surface area contributed by atoms with E-state index in [2.05, 4.69) is 40.7 Å². The van der Waals surface area contributed by atoms with Gasteiger partial charge in [-0.1, -0.05) is 76.5 Å². The Bertz CT molecular complexity index is 1170. The first-order valence-electron chi connectivity index (χ1n) is 17.9. The first kappa shape index (κ1) is 38.6. The summed E-state index contributed by atoms with van der Waals surface area (Å²) in [4.78, 5) is 12.0. The summed E-state index contributed by atoms with van der Waals surface area (Å²) in [6, 6.07) is 4.58. The van der Waals surface area contributed by atoms with Gasteiger partial charge in [0.15, 0.2) is 11.5 Å². The number of unbranched alkanes of at least 4 members (excludes halogenated alkanes) is 8. The van der Waals surface area contributed by atoms with Gasteiger partial charge in [-0.05, 0) is 96.3 Å². The highest BCUT2D eigenvalue weighted by Gasteiger charge is 2.51. The molecule has 0 radical (unpaired) electrons. The molecule has 9 heteroatoms. The molecule has 3 rings (SSSR count). The van der Waals surface area contributed by atoms with Crippen molar-refractivity contribution < 1.29 is 38.1 Å². The van der Waals surface area contributed by atoms with Gasteiger partial charge in [-0.3, -0.25) is 13.9 Å². The monoisotopic (exact) mass is 664 g/mol. The highest BCUT2D eigenvalue weighted by Crippen LogP contribution is 2.62. The molecule has 0 bridgehead atoms. The van der Waals surface area contributed by atoms with Crippen molar-refractivity contribution in [1.82, 2.24) is 0 Å². The molecule has 0 saturated carbocycles. The average Bonchev–Trinajstić information content (AvgIpc) is 3.61. The lowest BCUT2D eigenvalue weighted by molar-refractivity contribution is -0.143. The quantitative estimate of drug-likeness (QED) is 0.0297. The van der Waals surface area contributed by atoms with Crippen LogP contribution in [0.3, 0.4) is 0 Å². The lowest BCUT2D eigenvalue weighted by atomic mass is 9.91. The van der Waals surface area contributed by atoms with Crippen molar-refractivity contribution in [2.75, 3.05) is 12.8 Å². The zero-order chi connectivity index (χ0) is 33.6. The molecule has 46 heavy (non-hydrogen) atoms. The van der Waals surface area contributed by atoms with E-state index in [-0.39, 0.29) is 35.6 Å². The minimum Gasteiger partial charge on any atom is -0.504 e. The van der Waals surface area contributed by atoms with Crippen LogP contribution in [0.2, 0.25) is 0 Å². The number of benzene rings is 1. The molecule has 2 aliphatic heterocycles. The molecule has 2 N–H and O–H groups in total. The number of carbonyl (C=O) groups is 1. The van der Waals surface area contributed by atoms with Gasteiger partial charge in [-0.2, -0.15) is 0 Å². The average molecular weight is 665 g/mol. The fourth-order valence-electron chi connectivity index (χ4n) is 6.42. The Morgan fingerprint density at radius 2 is 1.61 bits per heavy atom. The number of allylic oxidation sites excluding steroid dienone is 2. The second kappa shape index (κ2) is 18.6. The topological polar surface area (TPSA) is 115 Å². The number of carbonyl (C=O) groups excluding carboxylic acids is 1. The van der Waals surface area contributed by atoms with E-state index in [0.29, 0.717) is 25.3 Å². The maximum absolute atomic E-state index is 13.5. The SMILES string of the molecule is CCC1OC1(C)CC/C=C(/C)CCC1OP(=O)(CCCCCCCCCCCOC(=O)CCc2ccc(O)c(O)c2)OC1(C)CC. The third-order valence-electron chi connectivity index (χ3n) is 9.86. The Morgan fingerprint density at radius 3 is 2.24 bits per heavy atom. The summed E-state index contributed by atoms with van der Waals surface area (Å²) >= 11 is 0. The number of phenolic OH excluding ortho intramolecular Hbond substituents is 2. The van der Waals surface area contributed by atoms with Crippen molar-refractivity contribution in [3.8, 4) is 11.5 Å². The Hall–Kier alpha value is -1.86.